The number of carbonyl (C=O) groups is 1. The number of para-hydroxylation sites is 1. The minimum atomic E-state index is -3.41. The van der Waals surface area contributed by atoms with Gasteiger partial charge >= 0.3 is 0 Å². The molecule has 1 aromatic heterocycles. The fourth-order valence-electron chi connectivity index (χ4n) is 3.36. The Bertz CT molecular complexity index is 1090. The van der Waals surface area contributed by atoms with E-state index in [1.165, 1.54) is 11.3 Å². The zero-order valence-electron chi connectivity index (χ0n) is 15.2. The SMILES string of the molecule is O=C(CCS(=O)(=O)Cc1csc(-c2ccccc2)n1)N1CCc2ccccc21. The molecule has 0 spiro atoms. The molecule has 2 heterocycles. The molecule has 0 saturated carbocycles. The van der Waals surface area contributed by atoms with Crippen molar-refractivity contribution >= 4 is 32.8 Å². The van der Waals surface area contributed by atoms with E-state index in [2.05, 4.69) is 4.98 Å². The van der Waals surface area contributed by atoms with E-state index in [0.29, 0.717) is 12.2 Å². The molecule has 144 valence electrons. The second kappa shape index (κ2) is 7.85. The highest BCUT2D eigenvalue weighted by atomic mass is 32.2. The topological polar surface area (TPSA) is 67.3 Å². The molecule has 1 aliphatic heterocycles. The van der Waals surface area contributed by atoms with Crippen molar-refractivity contribution in [2.24, 2.45) is 0 Å². The molecular weight excluding hydrogens is 392 g/mol. The Balaban J connectivity index is 1.38. The zero-order chi connectivity index (χ0) is 19.6. The summed E-state index contributed by atoms with van der Waals surface area (Å²) in [7, 11) is -3.41. The first-order valence-electron chi connectivity index (χ1n) is 9.10. The molecule has 0 N–H and O–H groups in total. The molecular formula is C21H20N2O3S2. The van der Waals surface area contributed by atoms with Crippen molar-refractivity contribution in [2.45, 2.75) is 18.6 Å². The summed E-state index contributed by atoms with van der Waals surface area (Å²) in [6.07, 6.45) is 0.808. The maximum atomic E-state index is 12.5. The summed E-state index contributed by atoms with van der Waals surface area (Å²) in [6.45, 7) is 0.616. The van der Waals surface area contributed by atoms with E-state index in [1.807, 2.05) is 54.6 Å². The van der Waals surface area contributed by atoms with Gasteiger partial charge in [-0.15, -0.1) is 11.3 Å². The van der Waals surface area contributed by atoms with Crippen LogP contribution >= 0.6 is 11.3 Å². The van der Waals surface area contributed by atoms with Crippen molar-refractivity contribution < 1.29 is 13.2 Å². The molecule has 1 amide bonds. The smallest absolute Gasteiger partial charge is 0.228 e. The van der Waals surface area contributed by atoms with E-state index >= 15 is 0 Å². The molecule has 0 fully saturated rings. The second-order valence-electron chi connectivity index (χ2n) is 6.78. The predicted octanol–water partition coefficient (Wildman–Crippen LogP) is 3.70. The first-order valence-corrected chi connectivity index (χ1v) is 11.8. The van der Waals surface area contributed by atoms with E-state index in [1.54, 1.807) is 10.3 Å². The van der Waals surface area contributed by atoms with Gasteiger partial charge in [-0.2, -0.15) is 0 Å². The third-order valence-corrected chi connectivity index (χ3v) is 7.26. The normalized spacial score (nSPS) is 13.5. The quantitative estimate of drug-likeness (QED) is 0.619. The van der Waals surface area contributed by atoms with Gasteiger partial charge in [0, 0.05) is 29.6 Å². The number of sulfone groups is 1. The van der Waals surface area contributed by atoms with Crippen LogP contribution in [0.15, 0.2) is 60.0 Å². The summed E-state index contributed by atoms with van der Waals surface area (Å²) >= 11 is 1.43. The number of hydrogen-bond donors (Lipinski definition) is 0. The van der Waals surface area contributed by atoms with E-state index in [9.17, 15) is 13.2 Å². The van der Waals surface area contributed by atoms with Gasteiger partial charge < -0.3 is 4.90 Å². The maximum absolute atomic E-state index is 12.5. The number of aromatic nitrogens is 1. The molecule has 0 unspecified atom stereocenters. The molecule has 0 aliphatic carbocycles. The van der Waals surface area contributed by atoms with Gasteiger partial charge in [-0.25, -0.2) is 13.4 Å². The maximum Gasteiger partial charge on any atom is 0.228 e. The van der Waals surface area contributed by atoms with Crippen LogP contribution in [-0.4, -0.2) is 31.6 Å². The number of carbonyl (C=O) groups excluding carboxylic acids is 1. The van der Waals surface area contributed by atoms with Gasteiger partial charge in [0.25, 0.3) is 0 Å². The molecule has 3 aromatic rings. The zero-order valence-corrected chi connectivity index (χ0v) is 16.9. The molecule has 28 heavy (non-hydrogen) atoms. The average molecular weight is 413 g/mol. The molecule has 4 rings (SSSR count). The monoisotopic (exact) mass is 412 g/mol. The Hall–Kier alpha value is -2.51. The van der Waals surface area contributed by atoms with Crippen LogP contribution in [0.4, 0.5) is 5.69 Å². The Kier molecular flexibility index (Phi) is 5.28. The highest BCUT2D eigenvalue weighted by Gasteiger charge is 2.25. The largest absolute Gasteiger partial charge is 0.312 e. The third-order valence-electron chi connectivity index (χ3n) is 4.76. The standard InChI is InChI=1S/C21H20N2O3S2/c24-20(23-12-10-16-6-4-5-9-19(16)23)11-13-28(25,26)15-18-14-27-21(22-18)17-7-2-1-3-8-17/h1-9,14H,10-13,15H2. The van der Waals surface area contributed by atoms with E-state index < -0.39 is 9.84 Å². The van der Waals surface area contributed by atoms with Crippen molar-refractivity contribution in [3.63, 3.8) is 0 Å². The Labute approximate surface area is 168 Å². The van der Waals surface area contributed by atoms with Gasteiger partial charge in [0.15, 0.2) is 9.84 Å². The van der Waals surface area contributed by atoms with Crippen molar-refractivity contribution in [3.8, 4) is 10.6 Å². The Morgan fingerprint density at radius 1 is 1.07 bits per heavy atom. The van der Waals surface area contributed by atoms with Crippen LogP contribution in [0, 0.1) is 0 Å². The number of amides is 1. The fraction of sp³-hybridized carbons (Fsp3) is 0.238. The van der Waals surface area contributed by atoms with E-state index in [4.69, 9.17) is 0 Å². The lowest BCUT2D eigenvalue weighted by Gasteiger charge is -2.17. The predicted molar refractivity (Wildman–Crippen MR) is 112 cm³/mol. The number of fused-ring (bicyclic) bond motifs is 1. The fourth-order valence-corrected chi connectivity index (χ4v) is 5.52. The van der Waals surface area contributed by atoms with Crippen LogP contribution < -0.4 is 4.90 Å². The van der Waals surface area contributed by atoms with Crippen LogP contribution in [0.3, 0.4) is 0 Å². The molecule has 1 aliphatic rings. The molecule has 0 bridgehead atoms. The van der Waals surface area contributed by atoms with Crippen molar-refractivity contribution in [1.29, 1.82) is 0 Å². The van der Waals surface area contributed by atoms with Gasteiger partial charge in [0.1, 0.15) is 5.01 Å². The van der Waals surface area contributed by atoms with Gasteiger partial charge in [-0.1, -0.05) is 48.5 Å². The van der Waals surface area contributed by atoms with E-state index in [-0.39, 0.29) is 23.8 Å². The number of thiazole rings is 1. The minimum absolute atomic E-state index is 0.00759. The summed E-state index contributed by atoms with van der Waals surface area (Å²) in [5, 5.41) is 2.58. The summed E-state index contributed by atoms with van der Waals surface area (Å²) in [4.78, 5) is 18.7. The van der Waals surface area contributed by atoms with Gasteiger partial charge in [0.2, 0.25) is 5.91 Å². The molecule has 2 aromatic carbocycles. The van der Waals surface area contributed by atoms with Crippen LogP contribution in [0.2, 0.25) is 0 Å². The van der Waals surface area contributed by atoms with Gasteiger partial charge in [0.05, 0.1) is 17.2 Å². The highest BCUT2D eigenvalue weighted by Crippen LogP contribution is 2.28. The third kappa shape index (κ3) is 4.15. The summed E-state index contributed by atoms with van der Waals surface area (Å²) in [6, 6.07) is 17.4. The van der Waals surface area contributed by atoms with E-state index in [0.717, 1.165) is 28.2 Å². The first-order chi connectivity index (χ1) is 13.5. The molecule has 0 saturated heterocycles. The van der Waals surface area contributed by atoms with Gasteiger partial charge in [-0.05, 0) is 18.1 Å². The number of anilines is 1. The van der Waals surface area contributed by atoms with Crippen LogP contribution in [0.1, 0.15) is 17.7 Å². The summed E-state index contributed by atoms with van der Waals surface area (Å²) < 4.78 is 25.0. The Morgan fingerprint density at radius 2 is 1.82 bits per heavy atom. The lowest BCUT2D eigenvalue weighted by molar-refractivity contribution is -0.118. The van der Waals surface area contributed by atoms with Crippen molar-refractivity contribution in [1.82, 2.24) is 4.98 Å². The first kappa shape index (κ1) is 18.8. The second-order valence-corrected chi connectivity index (χ2v) is 9.82. The summed E-state index contributed by atoms with van der Waals surface area (Å²) in [5.41, 5.74) is 3.54. The van der Waals surface area contributed by atoms with Crippen LogP contribution in [-0.2, 0) is 26.8 Å². The molecule has 0 radical (unpaired) electrons. The Morgan fingerprint density at radius 3 is 2.64 bits per heavy atom. The van der Waals surface area contributed by atoms with Gasteiger partial charge in [-0.3, -0.25) is 4.79 Å². The van der Waals surface area contributed by atoms with Crippen LogP contribution in [0.25, 0.3) is 10.6 Å². The van der Waals surface area contributed by atoms with Crippen LogP contribution in [0.5, 0.6) is 0 Å². The van der Waals surface area contributed by atoms with Crippen molar-refractivity contribution in [3.05, 3.63) is 71.2 Å². The number of rotatable bonds is 6. The molecule has 5 nitrogen and oxygen atoms in total. The molecule has 7 heteroatoms. The minimum Gasteiger partial charge on any atom is -0.312 e. The number of nitrogens with zero attached hydrogens (tertiary/aromatic N) is 2. The average Bonchev–Trinajstić information content (AvgIpc) is 3.34. The summed E-state index contributed by atoms with van der Waals surface area (Å²) in [5.74, 6) is -0.445. The number of hydrogen-bond acceptors (Lipinski definition) is 5. The highest BCUT2D eigenvalue weighted by molar-refractivity contribution is 7.90. The lowest BCUT2D eigenvalue weighted by atomic mass is 10.2. The van der Waals surface area contributed by atoms with Crippen molar-refractivity contribution in [2.75, 3.05) is 17.2 Å². The molecule has 0 atom stereocenters. The lowest BCUT2D eigenvalue weighted by Crippen LogP contribution is -2.30. The number of benzene rings is 2.